The molecular weight excluding hydrogens is 462 g/mol. The number of hydrazone groups is 1. The predicted molar refractivity (Wildman–Crippen MR) is 121 cm³/mol. The van der Waals surface area contributed by atoms with Crippen LogP contribution < -0.4 is 10.2 Å². The van der Waals surface area contributed by atoms with Crippen LogP contribution >= 0.6 is 15.9 Å². The minimum absolute atomic E-state index is 0.0883. The number of carbonyl (C=O) groups is 3. The van der Waals surface area contributed by atoms with Gasteiger partial charge in [0.15, 0.2) is 0 Å². The van der Waals surface area contributed by atoms with Crippen molar-refractivity contribution in [1.82, 2.24) is 15.2 Å². The van der Waals surface area contributed by atoms with Crippen molar-refractivity contribution >= 4 is 45.2 Å². The van der Waals surface area contributed by atoms with E-state index < -0.39 is 17.8 Å². The number of imide groups is 1. The first-order valence-electron chi connectivity index (χ1n) is 9.84. The summed E-state index contributed by atoms with van der Waals surface area (Å²) < 4.78 is 0.956. The van der Waals surface area contributed by atoms with E-state index in [0.29, 0.717) is 6.42 Å². The highest BCUT2D eigenvalue weighted by Gasteiger charge is 2.37. The number of carbonyl (C=O) groups excluding carboxylic acids is 3. The lowest BCUT2D eigenvalue weighted by molar-refractivity contribution is -0.137. The monoisotopic (exact) mass is 483 g/mol. The fourth-order valence-corrected chi connectivity index (χ4v) is 3.90. The molecule has 0 aromatic heterocycles. The van der Waals surface area contributed by atoms with Gasteiger partial charge < -0.3 is 10.2 Å². The average Bonchev–Trinajstić information content (AvgIpc) is 3.34. The van der Waals surface area contributed by atoms with Crippen LogP contribution in [-0.2, 0) is 9.59 Å². The van der Waals surface area contributed by atoms with Crippen LogP contribution in [0.1, 0.15) is 23.6 Å². The van der Waals surface area contributed by atoms with Crippen molar-refractivity contribution in [2.45, 2.75) is 12.5 Å². The highest BCUT2D eigenvalue weighted by Crippen LogP contribution is 2.34. The summed E-state index contributed by atoms with van der Waals surface area (Å²) in [6.45, 7) is -0.428. The van der Waals surface area contributed by atoms with Gasteiger partial charge in [-0.25, -0.2) is 9.80 Å². The van der Waals surface area contributed by atoms with E-state index in [1.807, 2.05) is 67.5 Å². The van der Waals surface area contributed by atoms with Crippen LogP contribution in [0.25, 0.3) is 0 Å². The normalized spacial score (nSPS) is 18.3. The van der Waals surface area contributed by atoms with E-state index in [1.54, 1.807) is 0 Å². The zero-order valence-electron chi connectivity index (χ0n) is 17.2. The Balaban J connectivity index is 1.63. The quantitative estimate of drug-likeness (QED) is 0.662. The summed E-state index contributed by atoms with van der Waals surface area (Å²) in [6.07, 6.45) is 0.537. The lowest BCUT2D eigenvalue weighted by atomic mass is 9.98. The molecule has 8 nitrogen and oxygen atoms in total. The molecule has 4 rings (SSSR count). The number of benzene rings is 2. The molecule has 4 amide bonds. The minimum atomic E-state index is -0.554. The van der Waals surface area contributed by atoms with Gasteiger partial charge in [-0.2, -0.15) is 5.10 Å². The fraction of sp³-hybridized carbons (Fsp3) is 0.273. The summed E-state index contributed by atoms with van der Waals surface area (Å²) in [5.41, 5.74) is 3.68. The van der Waals surface area contributed by atoms with Gasteiger partial charge in [0.1, 0.15) is 6.54 Å². The second-order valence-corrected chi connectivity index (χ2v) is 8.55. The Bertz CT molecular complexity index is 1030. The third-order valence-corrected chi connectivity index (χ3v) is 5.90. The molecule has 2 aromatic carbocycles. The first-order chi connectivity index (χ1) is 14.8. The summed E-state index contributed by atoms with van der Waals surface area (Å²) in [5.74, 6) is -0.819. The van der Waals surface area contributed by atoms with E-state index in [9.17, 15) is 14.4 Å². The zero-order chi connectivity index (χ0) is 22.1. The molecule has 0 spiro atoms. The van der Waals surface area contributed by atoms with Crippen LogP contribution in [-0.4, -0.2) is 60.7 Å². The van der Waals surface area contributed by atoms with Gasteiger partial charge in [0.05, 0.1) is 18.3 Å². The van der Waals surface area contributed by atoms with Gasteiger partial charge in [-0.05, 0) is 35.4 Å². The van der Waals surface area contributed by atoms with E-state index in [0.717, 1.165) is 31.9 Å². The van der Waals surface area contributed by atoms with Crippen molar-refractivity contribution in [3.8, 4) is 0 Å². The van der Waals surface area contributed by atoms with E-state index in [-0.39, 0.29) is 19.1 Å². The molecule has 0 aliphatic carbocycles. The number of nitrogens with zero attached hydrogens (tertiary/aromatic N) is 4. The maximum Gasteiger partial charge on any atom is 0.325 e. The molecule has 1 saturated heterocycles. The van der Waals surface area contributed by atoms with E-state index in [1.165, 1.54) is 5.01 Å². The highest BCUT2D eigenvalue weighted by molar-refractivity contribution is 9.10. The molecule has 9 heteroatoms. The van der Waals surface area contributed by atoms with Gasteiger partial charge in [-0.1, -0.05) is 40.2 Å². The Morgan fingerprint density at radius 3 is 2.39 bits per heavy atom. The molecule has 0 radical (unpaired) electrons. The Morgan fingerprint density at radius 2 is 1.81 bits per heavy atom. The number of amides is 4. The Hall–Kier alpha value is -3.20. The number of urea groups is 1. The Labute approximate surface area is 188 Å². The van der Waals surface area contributed by atoms with Gasteiger partial charge >= 0.3 is 6.03 Å². The number of anilines is 1. The van der Waals surface area contributed by atoms with E-state index >= 15 is 0 Å². The number of hydrogen-bond acceptors (Lipinski definition) is 5. The van der Waals surface area contributed by atoms with Crippen LogP contribution in [0.3, 0.4) is 0 Å². The predicted octanol–water partition coefficient (Wildman–Crippen LogP) is 2.74. The fourth-order valence-electron chi connectivity index (χ4n) is 3.63. The van der Waals surface area contributed by atoms with Gasteiger partial charge in [-0.3, -0.25) is 14.5 Å². The van der Waals surface area contributed by atoms with E-state index in [2.05, 4.69) is 26.3 Å². The number of hydrogen-bond donors (Lipinski definition) is 1. The molecule has 1 unspecified atom stereocenters. The SMILES string of the molecule is CN(C)c1ccc(C2CC(c3ccc(Br)cc3)=NN2C(=O)CN2C(=O)CNC2=O)cc1. The Morgan fingerprint density at radius 1 is 1.13 bits per heavy atom. The number of nitrogens with one attached hydrogen (secondary N) is 1. The molecule has 0 saturated carbocycles. The summed E-state index contributed by atoms with van der Waals surface area (Å²) in [6, 6.07) is 14.8. The molecule has 0 bridgehead atoms. The van der Waals surface area contributed by atoms with Crippen molar-refractivity contribution in [3.63, 3.8) is 0 Å². The smallest absolute Gasteiger partial charge is 0.325 e. The molecule has 2 aromatic rings. The topological polar surface area (TPSA) is 85.3 Å². The molecule has 1 fully saturated rings. The van der Waals surface area contributed by atoms with Crippen LogP contribution in [0.4, 0.5) is 10.5 Å². The lowest BCUT2D eigenvalue weighted by Gasteiger charge is -2.24. The minimum Gasteiger partial charge on any atom is -0.378 e. The molecule has 31 heavy (non-hydrogen) atoms. The molecule has 2 heterocycles. The van der Waals surface area contributed by atoms with Crippen molar-refractivity contribution in [1.29, 1.82) is 0 Å². The third-order valence-electron chi connectivity index (χ3n) is 5.37. The standard InChI is InChI=1S/C22H22BrN5O3/c1-26(2)17-9-5-15(6-10-17)19-11-18(14-3-7-16(23)8-4-14)25-28(19)21(30)13-27-20(29)12-24-22(27)31/h3-10,19H,11-13H2,1-2H3,(H,24,31). The van der Waals surface area contributed by atoms with Crippen molar-refractivity contribution < 1.29 is 14.4 Å². The highest BCUT2D eigenvalue weighted by atomic mass is 79.9. The zero-order valence-corrected chi connectivity index (χ0v) is 18.8. The molecular formula is C22H22BrN5O3. The molecule has 160 valence electrons. The second-order valence-electron chi connectivity index (χ2n) is 7.64. The Kier molecular flexibility index (Phi) is 5.77. The summed E-state index contributed by atoms with van der Waals surface area (Å²) in [4.78, 5) is 39.9. The number of rotatable bonds is 5. The van der Waals surface area contributed by atoms with Gasteiger partial charge in [-0.15, -0.1) is 0 Å². The van der Waals surface area contributed by atoms with Crippen molar-refractivity contribution in [2.75, 3.05) is 32.1 Å². The largest absolute Gasteiger partial charge is 0.378 e. The van der Waals surface area contributed by atoms with Crippen LogP contribution in [0, 0.1) is 0 Å². The maximum atomic E-state index is 13.1. The first kappa shape index (κ1) is 21.0. The molecule has 2 aliphatic rings. The molecule has 1 N–H and O–H groups in total. The number of halogens is 1. The van der Waals surface area contributed by atoms with Crippen molar-refractivity contribution in [3.05, 3.63) is 64.1 Å². The maximum absolute atomic E-state index is 13.1. The van der Waals surface area contributed by atoms with Crippen LogP contribution in [0.5, 0.6) is 0 Å². The van der Waals surface area contributed by atoms with Crippen molar-refractivity contribution in [2.24, 2.45) is 5.10 Å². The first-order valence-corrected chi connectivity index (χ1v) is 10.6. The van der Waals surface area contributed by atoms with Gasteiger partial charge in [0.25, 0.3) is 11.8 Å². The van der Waals surface area contributed by atoms with Crippen LogP contribution in [0.2, 0.25) is 0 Å². The van der Waals surface area contributed by atoms with E-state index in [4.69, 9.17) is 0 Å². The summed E-state index contributed by atoms with van der Waals surface area (Å²) in [5, 5.41) is 8.44. The second kappa shape index (κ2) is 8.50. The summed E-state index contributed by atoms with van der Waals surface area (Å²) in [7, 11) is 3.93. The average molecular weight is 484 g/mol. The summed E-state index contributed by atoms with van der Waals surface area (Å²) >= 11 is 3.43. The molecule has 2 aliphatic heterocycles. The van der Waals surface area contributed by atoms with Gasteiger partial charge in [0, 0.05) is 30.7 Å². The molecule has 1 atom stereocenters. The van der Waals surface area contributed by atoms with Crippen LogP contribution in [0.15, 0.2) is 58.1 Å². The van der Waals surface area contributed by atoms with Gasteiger partial charge in [0.2, 0.25) is 0 Å². The third kappa shape index (κ3) is 4.32. The lowest BCUT2D eigenvalue weighted by Crippen LogP contribution is -2.41.